The van der Waals surface area contributed by atoms with Crippen molar-refractivity contribution in [2.24, 2.45) is 0 Å². The largest absolute Gasteiger partial charge is 0.379 e. The van der Waals surface area contributed by atoms with E-state index in [1.54, 1.807) is 12.1 Å². The third-order valence-electron chi connectivity index (χ3n) is 5.07. The summed E-state index contributed by atoms with van der Waals surface area (Å²) < 4.78 is 5.31. The number of anilines is 3. The van der Waals surface area contributed by atoms with Crippen molar-refractivity contribution < 1.29 is 14.3 Å². The summed E-state index contributed by atoms with van der Waals surface area (Å²) in [5.74, 6) is -0.0671. The highest BCUT2D eigenvalue weighted by Crippen LogP contribution is 2.27. The highest BCUT2D eigenvalue weighted by molar-refractivity contribution is 7.14. The zero-order valence-electron chi connectivity index (χ0n) is 18.1. The molecule has 3 amide bonds. The Balaban J connectivity index is 1.35. The summed E-state index contributed by atoms with van der Waals surface area (Å²) in [6, 6.07) is 12.4. The van der Waals surface area contributed by atoms with E-state index in [1.807, 2.05) is 42.6 Å². The summed E-state index contributed by atoms with van der Waals surface area (Å²) in [5, 5.41) is 11.3. The second-order valence-corrected chi connectivity index (χ2v) is 8.86. The second-order valence-electron chi connectivity index (χ2n) is 7.60. The van der Waals surface area contributed by atoms with E-state index in [2.05, 4.69) is 25.8 Å². The smallest absolute Gasteiger partial charge is 0.325 e. The van der Waals surface area contributed by atoms with Gasteiger partial charge in [-0.05, 0) is 36.8 Å². The molecular formula is C23H24ClN5O3S. The van der Waals surface area contributed by atoms with E-state index in [0.717, 1.165) is 24.2 Å². The molecule has 10 heteroatoms. The molecule has 0 aliphatic carbocycles. The Hall–Kier alpha value is -2.98. The fourth-order valence-electron chi connectivity index (χ4n) is 3.31. The molecule has 0 atom stereocenters. The zero-order chi connectivity index (χ0) is 23.2. The molecule has 0 spiro atoms. The van der Waals surface area contributed by atoms with Gasteiger partial charge in [-0.25, -0.2) is 9.78 Å². The number of hydrogen-bond donors (Lipinski definition) is 3. The number of amides is 3. The summed E-state index contributed by atoms with van der Waals surface area (Å²) in [6.45, 7) is 5.05. The Bertz CT molecular complexity index is 1150. The number of nitrogens with zero attached hydrogens (tertiary/aromatic N) is 2. The van der Waals surface area contributed by atoms with Crippen LogP contribution < -0.4 is 16.0 Å². The van der Waals surface area contributed by atoms with E-state index in [0.29, 0.717) is 47.0 Å². The highest BCUT2D eigenvalue weighted by Gasteiger charge is 2.15. The van der Waals surface area contributed by atoms with Gasteiger partial charge in [0.05, 0.1) is 25.5 Å². The summed E-state index contributed by atoms with van der Waals surface area (Å²) in [4.78, 5) is 31.2. The van der Waals surface area contributed by atoms with Gasteiger partial charge in [-0.1, -0.05) is 29.8 Å². The maximum Gasteiger partial charge on any atom is 0.325 e. The first-order valence-corrected chi connectivity index (χ1v) is 11.7. The molecule has 2 heterocycles. The van der Waals surface area contributed by atoms with E-state index in [4.69, 9.17) is 16.3 Å². The number of carbonyl (C=O) groups is 2. The number of ether oxygens (including phenoxy) is 1. The monoisotopic (exact) mass is 485 g/mol. The van der Waals surface area contributed by atoms with Gasteiger partial charge >= 0.3 is 6.03 Å². The number of urea groups is 1. The third-order valence-corrected chi connectivity index (χ3v) is 6.23. The highest BCUT2D eigenvalue weighted by atomic mass is 35.5. The van der Waals surface area contributed by atoms with Crippen LogP contribution in [-0.4, -0.2) is 54.7 Å². The van der Waals surface area contributed by atoms with Crippen LogP contribution >= 0.6 is 22.9 Å². The summed E-state index contributed by atoms with van der Waals surface area (Å²) in [7, 11) is 0. The van der Waals surface area contributed by atoms with Crippen LogP contribution in [0.2, 0.25) is 5.02 Å². The number of aryl methyl sites for hydroxylation is 1. The number of carbonyl (C=O) groups excluding carboxylic acids is 2. The quantitative estimate of drug-likeness (QED) is 0.471. The Labute approximate surface area is 200 Å². The zero-order valence-corrected chi connectivity index (χ0v) is 19.6. The van der Waals surface area contributed by atoms with Gasteiger partial charge in [-0.2, -0.15) is 0 Å². The average Bonchev–Trinajstić information content (AvgIpc) is 3.25. The van der Waals surface area contributed by atoms with Crippen LogP contribution in [0.4, 0.5) is 21.3 Å². The maximum atomic E-state index is 12.4. The lowest BCUT2D eigenvalue weighted by molar-refractivity contribution is -0.118. The predicted molar refractivity (Wildman–Crippen MR) is 132 cm³/mol. The van der Waals surface area contributed by atoms with E-state index in [1.165, 1.54) is 11.3 Å². The molecule has 0 bridgehead atoms. The van der Waals surface area contributed by atoms with Crippen molar-refractivity contribution in [3.05, 3.63) is 58.4 Å². The number of nitrogens with one attached hydrogen (secondary N) is 3. The lowest BCUT2D eigenvalue weighted by Gasteiger charge is -2.25. The van der Waals surface area contributed by atoms with Crippen molar-refractivity contribution in [1.82, 2.24) is 9.88 Å². The number of benzene rings is 2. The Morgan fingerprint density at radius 1 is 1.09 bits per heavy atom. The van der Waals surface area contributed by atoms with Gasteiger partial charge in [0.25, 0.3) is 0 Å². The standard InChI is InChI=1S/C23H24ClN5O3S/c1-15-5-6-18(12-19(15)24)26-22(31)28-23-27-20(14-33-23)16-3-2-4-17(11-16)25-21(30)13-29-7-9-32-10-8-29/h2-6,11-12,14H,7-10,13H2,1H3,(H,25,30)(H2,26,27,28,31). The molecule has 33 heavy (non-hydrogen) atoms. The van der Waals surface area contributed by atoms with Gasteiger partial charge in [-0.3, -0.25) is 15.0 Å². The van der Waals surface area contributed by atoms with Crippen LogP contribution in [0, 0.1) is 6.92 Å². The molecular weight excluding hydrogens is 462 g/mol. The lowest BCUT2D eigenvalue weighted by Crippen LogP contribution is -2.41. The maximum absolute atomic E-state index is 12.4. The van der Waals surface area contributed by atoms with Gasteiger partial charge in [0.1, 0.15) is 0 Å². The summed E-state index contributed by atoms with van der Waals surface area (Å²) in [5.41, 5.74) is 3.78. The normalized spacial score (nSPS) is 14.0. The van der Waals surface area contributed by atoms with Crippen molar-refractivity contribution in [3.63, 3.8) is 0 Å². The van der Waals surface area contributed by atoms with Crippen LogP contribution in [0.3, 0.4) is 0 Å². The molecule has 1 aromatic heterocycles. The molecule has 1 aliphatic heterocycles. The van der Waals surface area contributed by atoms with Gasteiger partial charge in [0, 0.05) is 40.4 Å². The second kappa shape index (κ2) is 10.8. The summed E-state index contributed by atoms with van der Waals surface area (Å²) >= 11 is 7.42. The Kier molecular flexibility index (Phi) is 7.56. The molecule has 0 radical (unpaired) electrons. The van der Waals surface area contributed by atoms with Crippen molar-refractivity contribution >= 4 is 51.4 Å². The first-order chi connectivity index (χ1) is 16.0. The third kappa shape index (κ3) is 6.52. The van der Waals surface area contributed by atoms with E-state index in [-0.39, 0.29) is 5.91 Å². The first kappa shape index (κ1) is 23.2. The van der Waals surface area contributed by atoms with Crippen LogP contribution in [0.15, 0.2) is 47.8 Å². The fourth-order valence-corrected chi connectivity index (χ4v) is 4.21. The van der Waals surface area contributed by atoms with Crippen LogP contribution in [0.25, 0.3) is 11.3 Å². The van der Waals surface area contributed by atoms with Crippen molar-refractivity contribution in [1.29, 1.82) is 0 Å². The average molecular weight is 486 g/mol. The van der Waals surface area contributed by atoms with E-state index < -0.39 is 6.03 Å². The van der Waals surface area contributed by atoms with Gasteiger partial charge < -0.3 is 15.4 Å². The molecule has 8 nitrogen and oxygen atoms in total. The fraction of sp³-hybridized carbons (Fsp3) is 0.261. The number of thiazole rings is 1. The summed E-state index contributed by atoms with van der Waals surface area (Å²) in [6.07, 6.45) is 0. The molecule has 3 N–H and O–H groups in total. The molecule has 3 aromatic rings. The first-order valence-electron chi connectivity index (χ1n) is 10.5. The molecule has 1 fully saturated rings. The number of rotatable bonds is 6. The minimum absolute atomic E-state index is 0.0671. The predicted octanol–water partition coefficient (Wildman–Crippen LogP) is 4.69. The number of aromatic nitrogens is 1. The Morgan fingerprint density at radius 3 is 2.67 bits per heavy atom. The van der Waals surface area contributed by atoms with Gasteiger partial charge in [-0.15, -0.1) is 11.3 Å². The van der Waals surface area contributed by atoms with Gasteiger partial charge in [0.2, 0.25) is 5.91 Å². The number of morpholine rings is 1. The SMILES string of the molecule is Cc1ccc(NC(=O)Nc2nc(-c3cccc(NC(=O)CN4CCOCC4)c3)cs2)cc1Cl. The van der Waals surface area contributed by atoms with Crippen molar-refractivity contribution in [2.45, 2.75) is 6.92 Å². The number of halogens is 1. The molecule has 0 saturated carbocycles. The molecule has 1 saturated heterocycles. The topological polar surface area (TPSA) is 95.6 Å². The molecule has 0 unspecified atom stereocenters. The number of hydrogen-bond acceptors (Lipinski definition) is 6. The minimum atomic E-state index is -0.403. The van der Waals surface area contributed by atoms with Crippen molar-refractivity contribution in [2.75, 3.05) is 48.8 Å². The molecule has 1 aliphatic rings. The Morgan fingerprint density at radius 2 is 1.88 bits per heavy atom. The van der Waals surface area contributed by atoms with Gasteiger partial charge in [0.15, 0.2) is 5.13 Å². The minimum Gasteiger partial charge on any atom is -0.379 e. The van der Waals surface area contributed by atoms with E-state index >= 15 is 0 Å². The lowest BCUT2D eigenvalue weighted by atomic mass is 10.1. The van der Waals surface area contributed by atoms with E-state index in [9.17, 15) is 9.59 Å². The molecule has 4 rings (SSSR count). The van der Waals surface area contributed by atoms with Crippen LogP contribution in [0.5, 0.6) is 0 Å². The molecule has 172 valence electrons. The van der Waals surface area contributed by atoms with Crippen molar-refractivity contribution in [3.8, 4) is 11.3 Å². The van der Waals surface area contributed by atoms with Crippen LogP contribution in [0.1, 0.15) is 5.56 Å². The van der Waals surface area contributed by atoms with Crippen LogP contribution in [-0.2, 0) is 9.53 Å². The molecule has 2 aromatic carbocycles.